The molecule has 19 heavy (non-hydrogen) atoms. The Hall–Kier alpha value is -1.92. The Balaban J connectivity index is 1.89. The number of rotatable bonds is 2. The molecule has 0 radical (unpaired) electrons. The summed E-state index contributed by atoms with van der Waals surface area (Å²) >= 11 is 6.19. The van der Waals surface area contributed by atoms with Crippen molar-refractivity contribution in [3.63, 3.8) is 0 Å². The second kappa shape index (κ2) is 4.99. The molecule has 0 bridgehead atoms. The number of carbonyl (C=O) groups excluding carboxylic acids is 1. The van der Waals surface area contributed by atoms with Crippen LogP contribution in [0, 0.1) is 0 Å². The van der Waals surface area contributed by atoms with Gasteiger partial charge in [0.2, 0.25) is 0 Å². The van der Waals surface area contributed by atoms with E-state index < -0.39 is 0 Å². The monoisotopic (exact) mass is 287 g/mol. The predicted octanol–water partition coefficient (Wildman–Crippen LogP) is 2.36. The van der Waals surface area contributed by atoms with Gasteiger partial charge in [0.15, 0.2) is 0 Å². The molecule has 1 aliphatic heterocycles. The van der Waals surface area contributed by atoms with E-state index >= 15 is 0 Å². The summed E-state index contributed by atoms with van der Waals surface area (Å²) in [7, 11) is 0. The molecular formula is C13H9N3OS2. The highest BCUT2D eigenvalue weighted by Crippen LogP contribution is 2.25. The number of thiocarbonyl (C=S) groups is 1. The maximum atomic E-state index is 11.5. The van der Waals surface area contributed by atoms with Crippen molar-refractivity contribution in [3.8, 4) is 5.69 Å². The number of benzene rings is 1. The van der Waals surface area contributed by atoms with Gasteiger partial charge in [0.25, 0.3) is 5.91 Å². The lowest BCUT2D eigenvalue weighted by atomic mass is 10.3. The van der Waals surface area contributed by atoms with Crippen molar-refractivity contribution in [2.45, 2.75) is 0 Å². The molecule has 1 fully saturated rings. The molecular weight excluding hydrogens is 278 g/mol. The van der Waals surface area contributed by atoms with Gasteiger partial charge in [-0.15, -0.1) is 0 Å². The van der Waals surface area contributed by atoms with Crippen LogP contribution >= 0.6 is 24.0 Å². The van der Waals surface area contributed by atoms with Crippen LogP contribution in [-0.2, 0) is 4.79 Å². The van der Waals surface area contributed by atoms with Crippen molar-refractivity contribution in [1.29, 1.82) is 0 Å². The molecule has 1 amide bonds. The van der Waals surface area contributed by atoms with E-state index in [1.807, 2.05) is 41.1 Å². The third-order valence-electron chi connectivity index (χ3n) is 2.58. The first-order valence-electron chi connectivity index (χ1n) is 5.57. The fourth-order valence-corrected chi connectivity index (χ4v) is 2.74. The van der Waals surface area contributed by atoms with Crippen LogP contribution in [0.2, 0.25) is 0 Å². The van der Waals surface area contributed by atoms with Crippen LogP contribution in [-0.4, -0.2) is 19.8 Å². The number of aromatic nitrogens is 2. The van der Waals surface area contributed by atoms with Crippen molar-refractivity contribution >= 4 is 40.3 Å². The number of amides is 1. The molecule has 6 heteroatoms. The Kier molecular flexibility index (Phi) is 3.18. The summed E-state index contributed by atoms with van der Waals surface area (Å²) in [6.07, 6.45) is 5.33. The molecule has 94 valence electrons. The molecule has 1 aromatic carbocycles. The van der Waals surface area contributed by atoms with Crippen molar-refractivity contribution in [2.24, 2.45) is 0 Å². The highest BCUT2D eigenvalue weighted by atomic mass is 32.2. The first-order chi connectivity index (χ1) is 9.22. The number of nitrogens with zero attached hydrogens (tertiary/aromatic N) is 2. The molecule has 1 aliphatic rings. The third kappa shape index (κ3) is 2.59. The molecule has 0 unspecified atom stereocenters. The Morgan fingerprint density at radius 1 is 1.32 bits per heavy atom. The highest BCUT2D eigenvalue weighted by Gasteiger charge is 2.22. The molecule has 0 saturated carbocycles. The van der Waals surface area contributed by atoms with E-state index in [1.54, 1.807) is 12.4 Å². The molecule has 0 spiro atoms. The summed E-state index contributed by atoms with van der Waals surface area (Å²) in [5, 5.41) is 2.58. The van der Waals surface area contributed by atoms with E-state index in [-0.39, 0.29) is 5.91 Å². The number of thioether (sulfide) groups is 1. The molecule has 1 N–H and O–H groups in total. The Labute approximate surface area is 119 Å². The smallest absolute Gasteiger partial charge is 0.263 e. The molecule has 0 atom stereocenters. The molecule has 1 aromatic heterocycles. The van der Waals surface area contributed by atoms with Crippen molar-refractivity contribution in [3.05, 3.63) is 53.5 Å². The van der Waals surface area contributed by atoms with Gasteiger partial charge in [0.05, 0.1) is 16.9 Å². The van der Waals surface area contributed by atoms with Crippen molar-refractivity contribution < 1.29 is 4.79 Å². The summed E-state index contributed by atoms with van der Waals surface area (Å²) in [5.74, 6) is -0.163. The molecule has 1 saturated heterocycles. The Morgan fingerprint density at radius 3 is 2.79 bits per heavy atom. The molecule has 3 rings (SSSR count). The predicted molar refractivity (Wildman–Crippen MR) is 79.9 cm³/mol. The van der Waals surface area contributed by atoms with Gasteiger partial charge < -0.3 is 9.88 Å². The van der Waals surface area contributed by atoms with Crippen LogP contribution in [0.4, 0.5) is 0 Å². The van der Waals surface area contributed by atoms with Gasteiger partial charge in [-0.3, -0.25) is 4.79 Å². The van der Waals surface area contributed by atoms with Gasteiger partial charge in [-0.05, 0) is 18.2 Å². The van der Waals surface area contributed by atoms with Gasteiger partial charge in [0.1, 0.15) is 4.32 Å². The minimum absolute atomic E-state index is 0.163. The van der Waals surface area contributed by atoms with Crippen LogP contribution in [0.25, 0.3) is 11.8 Å². The van der Waals surface area contributed by atoms with E-state index in [0.29, 0.717) is 9.23 Å². The maximum Gasteiger partial charge on any atom is 0.263 e. The lowest BCUT2D eigenvalue weighted by Gasteiger charge is -1.99. The van der Waals surface area contributed by atoms with Crippen molar-refractivity contribution in [1.82, 2.24) is 14.9 Å². The average molecular weight is 287 g/mol. The zero-order valence-corrected chi connectivity index (χ0v) is 11.4. The number of nitrogens with one attached hydrogen (secondary N) is 1. The molecule has 2 aromatic rings. The minimum atomic E-state index is -0.163. The van der Waals surface area contributed by atoms with Crippen LogP contribution in [0.3, 0.4) is 0 Å². The van der Waals surface area contributed by atoms with E-state index in [9.17, 15) is 4.79 Å². The van der Waals surface area contributed by atoms with Gasteiger partial charge in [0, 0.05) is 11.9 Å². The topological polar surface area (TPSA) is 46.9 Å². The third-order valence-corrected chi connectivity index (χ3v) is 3.74. The van der Waals surface area contributed by atoms with Crippen molar-refractivity contribution in [2.75, 3.05) is 0 Å². The lowest BCUT2D eigenvalue weighted by molar-refractivity contribution is -0.115. The van der Waals surface area contributed by atoms with E-state index in [1.165, 1.54) is 11.8 Å². The number of imidazole rings is 1. The van der Waals surface area contributed by atoms with Gasteiger partial charge in [-0.2, -0.15) is 0 Å². The maximum absolute atomic E-state index is 11.5. The van der Waals surface area contributed by atoms with Crippen LogP contribution in [0.5, 0.6) is 0 Å². The van der Waals surface area contributed by atoms with Gasteiger partial charge >= 0.3 is 0 Å². The largest absolute Gasteiger partial charge is 0.307 e. The summed E-state index contributed by atoms with van der Waals surface area (Å²) < 4.78 is 2.39. The van der Waals surface area contributed by atoms with E-state index in [2.05, 4.69) is 10.3 Å². The average Bonchev–Trinajstić information content (AvgIpc) is 2.99. The molecule has 2 heterocycles. The number of hydrogen-bond donors (Lipinski definition) is 1. The normalized spacial score (nSPS) is 16.9. The minimum Gasteiger partial charge on any atom is -0.307 e. The summed E-state index contributed by atoms with van der Waals surface area (Å²) in [6, 6.07) is 9.87. The zero-order valence-electron chi connectivity index (χ0n) is 9.74. The summed E-state index contributed by atoms with van der Waals surface area (Å²) in [5.41, 5.74) is 1.75. The Morgan fingerprint density at radius 2 is 2.11 bits per heavy atom. The van der Waals surface area contributed by atoms with E-state index in [0.717, 1.165) is 11.4 Å². The number of para-hydroxylation sites is 1. The number of carbonyl (C=O) groups is 1. The summed E-state index contributed by atoms with van der Waals surface area (Å²) in [4.78, 5) is 16.4. The van der Waals surface area contributed by atoms with Crippen LogP contribution in [0.15, 0.2) is 47.8 Å². The highest BCUT2D eigenvalue weighted by molar-refractivity contribution is 8.26. The quantitative estimate of drug-likeness (QED) is 0.680. The lowest BCUT2D eigenvalue weighted by Crippen LogP contribution is -2.17. The van der Waals surface area contributed by atoms with Gasteiger partial charge in [-0.1, -0.05) is 42.2 Å². The van der Waals surface area contributed by atoms with E-state index in [4.69, 9.17) is 12.2 Å². The van der Waals surface area contributed by atoms with Crippen LogP contribution < -0.4 is 5.32 Å². The van der Waals surface area contributed by atoms with Gasteiger partial charge in [-0.25, -0.2) is 4.98 Å². The SMILES string of the molecule is O=C1NC(=S)S/C1=C\c1cn(-c2ccccc2)cn1. The fourth-order valence-electron chi connectivity index (χ4n) is 1.71. The standard InChI is InChI=1S/C13H9N3OS2/c17-12-11(19-13(18)15-12)6-9-7-16(8-14-9)10-4-2-1-3-5-10/h1-8H,(H,15,17,18)/b11-6-. The fraction of sp³-hybridized carbons (Fsp3) is 0. The number of hydrogen-bond acceptors (Lipinski definition) is 4. The second-order valence-electron chi connectivity index (χ2n) is 3.89. The Bertz CT molecular complexity index is 676. The molecule has 4 nitrogen and oxygen atoms in total. The summed E-state index contributed by atoms with van der Waals surface area (Å²) in [6.45, 7) is 0. The first kappa shape index (κ1) is 12.1. The second-order valence-corrected chi connectivity index (χ2v) is 5.61. The molecule has 0 aliphatic carbocycles. The first-order valence-corrected chi connectivity index (χ1v) is 6.79. The van der Waals surface area contributed by atoms with Crippen LogP contribution in [0.1, 0.15) is 5.69 Å². The zero-order chi connectivity index (χ0) is 13.2.